The van der Waals surface area contributed by atoms with Crippen molar-refractivity contribution in [2.75, 3.05) is 37.3 Å². The molecule has 0 spiro atoms. The van der Waals surface area contributed by atoms with E-state index in [1.165, 1.54) is 30.5 Å². The molecule has 0 radical (unpaired) electrons. The van der Waals surface area contributed by atoms with Crippen molar-refractivity contribution in [2.45, 2.75) is 9.79 Å². The smallest absolute Gasteiger partial charge is 0.269 e. The third-order valence-corrected chi connectivity index (χ3v) is 7.95. The fourth-order valence-corrected chi connectivity index (χ4v) is 6.55. The molecule has 1 saturated heterocycles. The van der Waals surface area contributed by atoms with Gasteiger partial charge >= 0.3 is 0 Å². The van der Waals surface area contributed by atoms with E-state index in [9.17, 15) is 16.8 Å². The molecule has 0 amide bonds. The van der Waals surface area contributed by atoms with Crippen molar-refractivity contribution >= 4 is 48.9 Å². The predicted molar refractivity (Wildman–Crippen MR) is 116 cm³/mol. The van der Waals surface area contributed by atoms with Crippen molar-refractivity contribution in [3.05, 3.63) is 54.7 Å². The summed E-state index contributed by atoms with van der Waals surface area (Å²) >= 11 is 0. The van der Waals surface area contributed by atoms with E-state index in [1.54, 1.807) is 12.1 Å². The van der Waals surface area contributed by atoms with Crippen LogP contribution in [0.15, 0.2) is 64.5 Å². The van der Waals surface area contributed by atoms with Gasteiger partial charge in [0.1, 0.15) is 4.90 Å². The molecule has 3 aromatic rings. The predicted octanol–water partition coefficient (Wildman–Crippen LogP) is 2.11. The van der Waals surface area contributed by atoms with Crippen LogP contribution in [0.1, 0.15) is 0 Å². The van der Waals surface area contributed by atoms with E-state index in [4.69, 9.17) is 0 Å². The lowest BCUT2D eigenvalue weighted by atomic mass is 10.2. The van der Waals surface area contributed by atoms with E-state index in [0.717, 1.165) is 47.5 Å². The number of halogens is 1. The average Bonchev–Trinajstić information content (AvgIpc) is 3.13. The van der Waals surface area contributed by atoms with Crippen molar-refractivity contribution in [1.29, 1.82) is 0 Å². The zero-order valence-corrected chi connectivity index (χ0v) is 18.2. The number of hydrogen-bond acceptors (Lipinski definition) is 6. The van der Waals surface area contributed by atoms with Crippen molar-refractivity contribution in [3.63, 3.8) is 0 Å². The van der Waals surface area contributed by atoms with Gasteiger partial charge in [-0.25, -0.2) is 20.8 Å². The number of piperazine rings is 1. The van der Waals surface area contributed by atoms with Gasteiger partial charge in [-0.05, 0) is 30.3 Å². The third kappa shape index (κ3) is 3.87. The first-order chi connectivity index (χ1) is 13.3. The number of anilines is 1. The maximum atomic E-state index is 13.3. The molecule has 0 bridgehead atoms. The number of benzene rings is 2. The Balaban J connectivity index is 0.00000240. The number of fused-ring (bicyclic) bond motifs is 1. The molecule has 1 aliphatic rings. The molecule has 0 atom stereocenters. The molecule has 0 unspecified atom stereocenters. The van der Waals surface area contributed by atoms with Crippen LogP contribution < -0.4 is 10.2 Å². The van der Waals surface area contributed by atoms with Gasteiger partial charge in [-0.1, -0.05) is 18.2 Å². The van der Waals surface area contributed by atoms with E-state index < -0.39 is 19.9 Å². The first kappa shape index (κ1) is 21.6. The minimum Gasteiger partial charge on any atom is -0.368 e. The Bertz CT molecular complexity index is 1250. The molecule has 1 fully saturated rings. The summed E-state index contributed by atoms with van der Waals surface area (Å²) in [4.78, 5) is 1.80. The topological polar surface area (TPSA) is 88.5 Å². The molecule has 29 heavy (non-hydrogen) atoms. The number of nitrogens with zero attached hydrogens (tertiary/aromatic N) is 2. The van der Waals surface area contributed by atoms with Crippen LogP contribution in [0.25, 0.3) is 10.9 Å². The number of rotatable bonds is 4. The molecule has 2 heterocycles. The quantitative estimate of drug-likeness (QED) is 0.648. The van der Waals surface area contributed by atoms with E-state index >= 15 is 0 Å². The van der Waals surface area contributed by atoms with Gasteiger partial charge in [0.2, 0.25) is 0 Å². The second-order valence-electron chi connectivity index (χ2n) is 6.78. The lowest BCUT2D eigenvalue weighted by molar-refractivity contribution is 0.580. The van der Waals surface area contributed by atoms with Crippen LogP contribution in [-0.4, -0.2) is 53.2 Å². The van der Waals surface area contributed by atoms with E-state index in [-0.39, 0.29) is 22.2 Å². The Kier molecular flexibility index (Phi) is 5.96. The summed E-state index contributed by atoms with van der Waals surface area (Å²) in [5.74, 6) is 0. The highest BCUT2D eigenvalue weighted by molar-refractivity contribution is 7.93. The van der Waals surface area contributed by atoms with Crippen LogP contribution in [0, 0.1) is 0 Å². The largest absolute Gasteiger partial charge is 0.368 e. The first-order valence-corrected chi connectivity index (χ1v) is 12.2. The molecule has 1 aliphatic heterocycles. The van der Waals surface area contributed by atoms with Gasteiger partial charge in [0, 0.05) is 49.7 Å². The molecule has 0 saturated carbocycles. The maximum Gasteiger partial charge on any atom is 0.269 e. The van der Waals surface area contributed by atoms with Crippen molar-refractivity contribution in [1.82, 2.24) is 9.29 Å². The van der Waals surface area contributed by atoms with Crippen molar-refractivity contribution in [2.24, 2.45) is 0 Å². The van der Waals surface area contributed by atoms with Crippen LogP contribution in [-0.2, 0) is 19.9 Å². The SMILES string of the molecule is CS(=O)(=O)c1ccccc1S(=O)(=O)n1ccc2c(N3CCNCC3)cccc21.Cl. The number of nitrogens with one attached hydrogen (secondary N) is 1. The number of sulfone groups is 1. The summed E-state index contributed by atoms with van der Waals surface area (Å²) < 4.78 is 52.1. The Hall–Kier alpha value is -2.07. The first-order valence-electron chi connectivity index (χ1n) is 8.90. The number of hydrogen-bond donors (Lipinski definition) is 1. The highest BCUT2D eigenvalue weighted by Gasteiger charge is 2.27. The van der Waals surface area contributed by atoms with Crippen LogP contribution in [0.3, 0.4) is 0 Å². The molecular weight excluding hydrogens is 434 g/mol. The van der Waals surface area contributed by atoms with Gasteiger partial charge in [0.15, 0.2) is 9.84 Å². The fraction of sp³-hybridized carbons (Fsp3) is 0.263. The third-order valence-electron chi connectivity index (χ3n) is 4.92. The summed E-state index contributed by atoms with van der Waals surface area (Å²) in [6.45, 7) is 3.43. The summed E-state index contributed by atoms with van der Waals surface area (Å²) in [5, 5.41) is 4.13. The molecule has 2 aromatic carbocycles. The lowest BCUT2D eigenvalue weighted by Crippen LogP contribution is -2.43. The van der Waals surface area contributed by atoms with Crippen LogP contribution >= 0.6 is 12.4 Å². The standard InChI is InChI=1S/C19H21N3O4S2.ClH/c1-27(23,24)18-7-2-3-8-19(18)28(25,26)22-12-9-15-16(5-4-6-17(15)22)21-13-10-20-11-14-21;/h2-9,12,20H,10-11,13-14H2,1H3;1H. The monoisotopic (exact) mass is 455 g/mol. The van der Waals surface area contributed by atoms with Crippen LogP contribution in [0.4, 0.5) is 5.69 Å². The Morgan fingerprint density at radius 3 is 2.17 bits per heavy atom. The Morgan fingerprint density at radius 2 is 1.52 bits per heavy atom. The van der Waals surface area contributed by atoms with Gasteiger partial charge in [-0.15, -0.1) is 12.4 Å². The van der Waals surface area contributed by atoms with Crippen molar-refractivity contribution < 1.29 is 16.8 Å². The van der Waals surface area contributed by atoms with E-state index in [0.29, 0.717) is 5.52 Å². The highest BCUT2D eigenvalue weighted by Crippen LogP contribution is 2.31. The molecule has 4 rings (SSSR count). The summed E-state index contributed by atoms with van der Waals surface area (Å²) in [5.41, 5.74) is 1.50. The summed E-state index contributed by atoms with van der Waals surface area (Å²) in [6.07, 6.45) is 2.50. The minimum atomic E-state index is -4.08. The van der Waals surface area contributed by atoms with E-state index in [2.05, 4.69) is 10.2 Å². The lowest BCUT2D eigenvalue weighted by Gasteiger charge is -2.30. The summed E-state index contributed by atoms with van der Waals surface area (Å²) in [7, 11) is -7.77. The Labute approximate surface area is 176 Å². The Morgan fingerprint density at radius 1 is 0.862 bits per heavy atom. The molecule has 156 valence electrons. The van der Waals surface area contributed by atoms with Gasteiger partial charge in [-0.3, -0.25) is 0 Å². The molecular formula is C19H22ClN3O4S2. The molecule has 1 N–H and O–H groups in total. The van der Waals surface area contributed by atoms with Gasteiger partial charge < -0.3 is 10.2 Å². The minimum absolute atomic E-state index is 0. The van der Waals surface area contributed by atoms with Gasteiger partial charge in [-0.2, -0.15) is 0 Å². The molecule has 0 aliphatic carbocycles. The normalized spacial score (nSPS) is 15.3. The molecule has 10 heteroatoms. The number of aromatic nitrogens is 1. The van der Waals surface area contributed by atoms with Crippen molar-refractivity contribution in [3.8, 4) is 0 Å². The second kappa shape index (κ2) is 7.98. The highest BCUT2D eigenvalue weighted by atomic mass is 35.5. The van der Waals surface area contributed by atoms with Crippen LogP contribution in [0.2, 0.25) is 0 Å². The second-order valence-corrected chi connectivity index (χ2v) is 10.5. The van der Waals surface area contributed by atoms with E-state index in [1.807, 2.05) is 12.1 Å². The maximum absolute atomic E-state index is 13.3. The fourth-order valence-electron chi connectivity index (χ4n) is 3.59. The van der Waals surface area contributed by atoms with Gasteiger partial charge in [0.05, 0.1) is 10.4 Å². The van der Waals surface area contributed by atoms with Gasteiger partial charge in [0.25, 0.3) is 10.0 Å². The molecule has 1 aromatic heterocycles. The average molecular weight is 456 g/mol. The molecule has 7 nitrogen and oxygen atoms in total. The van der Waals surface area contributed by atoms with Crippen LogP contribution in [0.5, 0.6) is 0 Å². The zero-order chi connectivity index (χ0) is 19.9. The zero-order valence-electron chi connectivity index (χ0n) is 15.8. The summed E-state index contributed by atoms with van der Waals surface area (Å²) in [6, 6.07) is 13.0.